The number of carbonyl (C=O) groups is 2. The van der Waals surface area contributed by atoms with Crippen LogP contribution in [0.1, 0.15) is 33.8 Å². The normalized spacial score (nSPS) is 14.5. The number of benzene rings is 3. The zero-order valence-electron chi connectivity index (χ0n) is 19.8. The molecule has 1 heterocycles. The summed E-state index contributed by atoms with van der Waals surface area (Å²) in [5, 5.41) is 11.5. The van der Waals surface area contributed by atoms with Gasteiger partial charge in [0.1, 0.15) is 17.2 Å². The molecule has 0 spiro atoms. The molecule has 4 rings (SSSR count). The molecule has 11 heteroatoms. The van der Waals surface area contributed by atoms with Crippen LogP contribution in [0.15, 0.2) is 66.7 Å². The maximum absolute atomic E-state index is 13.6. The fourth-order valence-electron chi connectivity index (χ4n) is 3.89. The van der Waals surface area contributed by atoms with E-state index in [1.165, 1.54) is 36.4 Å². The molecular weight excluding hydrogens is 522 g/mol. The Morgan fingerprint density at radius 2 is 1.76 bits per heavy atom. The van der Waals surface area contributed by atoms with E-state index in [1.807, 2.05) is 0 Å². The van der Waals surface area contributed by atoms with Gasteiger partial charge in [0.15, 0.2) is 0 Å². The summed E-state index contributed by atoms with van der Waals surface area (Å²) in [6.07, 6.45) is -4.55. The van der Waals surface area contributed by atoms with Crippen molar-refractivity contribution >= 4 is 23.5 Å². The number of hydrogen-bond donors (Lipinski definition) is 0. The van der Waals surface area contributed by atoms with E-state index in [4.69, 9.17) is 21.1 Å². The zero-order valence-corrected chi connectivity index (χ0v) is 22.5. The molecule has 0 bridgehead atoms. The first-order chi connectivity index (χ1) is 17.1. The molecular formula is C26H20ClF3NNaO5. The van der Waals surface area contributed by atoms with Crippen LogP contribution >= 0.6 is 11.6 Å². The Morgan fingerprint density at radius 3 is 2.38 bits per heavy atom. The Morgan fingerprint density at radius 1 is 1.08 bits per heavy atom. The summed E-state index contributed by atoms with van der Waals surface area (Å²) >= 11 is 6.26. The number of fused-ring (bicyclic) bond motifs is 1. The van der Waals surface area contributed by atoms with Crippen molar-refractivity contribution in [1.82, 2.24) is 4.90 Å². The van der Waals surface area contributed by atoms with E-state index < -0.39 is 30.6 Å². The van der Waals surface area contributed by atoms with Crippen molar-refractivity contribution in [1.29, 1.82) is 0 Å². The van der Waals surface area contributed by atoms with Crippen molar-refractivity contribution in [2.45, 2.75) is 25.1 Å². The zero-order chi connectivity index (χ0) is 25.9. The molecule has 1 amide bonds. The summed E-state index contributed by atoms with van der Waals surface area (Å²) in [4.78, 5) is 23.9. The minimum atomic E-state index is -4.85. The predicted octanol–water partition coefficient (Wildman–Crippen LogP) is 1.96. The minimum Gasteiger partial charge on any atom is -0.549 e. The van der Waals surface area contributed by atoms with Gasteiger partial charge in [0, 0.05) is 35.6 Å². The van der Waals surface area contributed by atoms with E-state index in [2.05, 4.69) is 0 Å². The van der Waals surface area contributed by atoms with Gasteiger partial charge in [0.05, 0.1) is 11.6 Å². The molecule has 1 aliphatic heterocycles. The number of rotatable bonds is 7. The molecule has 1 unspecified atom stereocenters. The molecule has 3 aromatic carbocycles. The summed E-state index contributed by atoms with van der Waals surface area (Å²) in [5.41, 5.74) is 0.895. The number of carboxylic acids is 1. The molecule has 0 saturated heterocycles. The Labute approximate surface area is 238 Å². The maximum atomic E-state index is 13.6. The standard InChI is InChI=1S/C26H21ClF3NO5.Na/c27-21-14-20-19(25(33)34)11-13-35-22(20)15-23(21)36-18-8-6-17(7-9-18)24(32)31(26(28,29)30)12-10-16-4-2-1-3-5-16;/h1-9,14-15,19H,10-13H2,(H,33,34);/q;+1/p-1. The number of nitrogens with zero attached hydrogens (tertiary/aromatic N) is 1. The molecule has 0 N–H and O–H groups in total. The summed E-state index contributed by atoms with van der Waals surface area (Å²) in [7, 11) is 0. The number of ether oxygens (including phenoxy) is 2. The van der Waals surface area contributed by atoms with Crippen LogP contribution in [-0.4, -0.2) is 36.2 Å². The van der Waals surface area contributed by atoms with Crippen molar-refractivity contribution in [2.24, 2.45) is 0 Å². The van der Waals surface area contributed by atoms with Gasteiger partial charge in [0.25, 0.3) is 5.91 Å². The van der Waals surface area contributed by atoms with Crippen molar-refractivity contribution in [3.63, 3.8) is 0 Å². The molecule has 1 atom stereocenters. The monoisotopic (exact) mass is 541 g/mol. The van der Waals surface area contributed by atoms with E-state index in [0.717, 1.165) is 0 Å². The fourth-order valence-corrected chi connectivity index (χ4v) is 4.10. The molecule has 1 aliphatic rings. The number of carboxylic acid groups (broad SMARTS) is 1. The fraction of sp³-hybridized carbons (Fsp3) is 0.231. The van der Waals surface area contributed by atoms with Gasteiger partial charge in [-0.25, -0.2) is 4.90 Å². The van der Waals surface area contributed by atoms with E-state index in [0.29, 0.717) is 16.9 Å². The smallest absolute Gasteiger partial charge is 0.549 e. The Kier molecular flexibility index (Phi) is 9.52. The number of halogens is 4. The summed E-state index contributed by atoms with van der Waals surface area (Å²) in [6.45, 7) is -0.342. The van der Waals surface area contributed by atoms with Gasteiger partial charge >= 0.3 is 35.9 Å². The molecule has 0 saturated carbocycles. The molecule has 188 valence electrons. The van der Waals surface area contributed by atoms with Crippen LogP contribution in [0.3, 0.4) is 0 Å². The van der Waals surface area contributed by atoms with E-state index in [1.54, 1.807) is 30.3 Å². The molecule has 0 fully saturated rings. The van der Waals surface area contributed by atoms with Gasteiger partial charge in [0.2, 0.25) is 0 Å². The molecule has 0 radical (unpaired) electrons. The van der Waals surface area contributed by atoms with Crippen LogP contribution < -0.4 is 44.1 Å². The second-order valence-corrected chi connectivity index (χ2v) is 8.52. The van der Waals surface area contributed by atoms with E-state index >= 15 is 0 Å². The third kappa shape index (κ3) is 6.98. The quantitative estimate of drug-likeness (QED) is 0.338. The van der Waals surface area contributed by atoms with Crippen LogP contribution in [0.2, 0.25) is 5.02 Å². The van der Waals surface area contributed by atoms with Gasteiger partial charge in [-0.1, -0.05) is 41.9 Å². The third-order valence-electron chi connectivity index (χ3n) is 5.74. The van der Waals surface area contributed by atoms with Crippen molar-refractivity contribution in [3.05, 3.63) is 88.4 Å². The first kappa shape index (κ1) is 28.8. The number of alkyl halides is 3. The van der Waals surface area contributed by atoms with Gasteiger partial charge in [-0.05, 0) is 48.7 Å². The number of carbonyl (C=O) groups excluding carboxylic acids is 2. The molecule has 6 nitrogen and oxygen atoms in total. The Bertz CT molecular complexity index is 1260. The van der Waals surface area contributed by atoms with Gasteiger partial charge in [-0.3, -0.25) is 4.79 Å². The first-order valence-electron chi connectivity index (χ1n) is 11.0. The average molecular weight is 542 g/mol. The van der Waals surface area contributed by atoms with E-state index in [9.17, 15) is 27.9 Å². The summed E-state index contributed by atoms with van der Waals surface area (Å²) < 4.78 is 52.0. The van der Waals surface area contributed by atoms with Crippen molar-refractivity contribution in [2.75, 3.05) is 13.2 Å². The SMILES string of the molecule is O=C([O-])C1CCOc2cc(Oc3ccc(C(=O)N(CCc4ccccc4)C(F)(F)F)cc3)c(Cl)cc21.[Na+]. The van der Waals surface area contributed by atoms with Gasteiger partial charge in [-0.2, -0.15) is 0 Å². The Hall–Kier alpha value is -2.72. The number of aliphatic carboxylic acids is 1. The Balaban J connectivity index is 0.00000380. The molecule has 37 heavy (non-hydrogen) atoms. The van der Waals surface area contributed by atoms with Crippen molar-refractivity contribution in [3.8, 4) is 17.2 Å². The maximum Gasteiger partial charge on any atom is 1.00 e. The van der Waals surface area contributed by atoms with Gasteiger partial charge < -0.3 is 19.4 Å². The largest absolute Gasteiger partial charge is 1.00 e. The van der Waals surface area contributed by atoms with Crippen LogP contribution in [0.4, 0.5) is 13.2 Å². The third-order valence-corrected chi connectivity index (χ3v) is 6.03. The van der Waals surface area contributed by atoms with Crippen molar-refractivity contribution < 1.29 is 66.9 Å². The first-order valence-corrected chi connectivity index (χ1v) is 11.4. The average Bonchev–Trinajstić information content (AvgIpc) is 2.84. The van der Waals surface area contributed by atoms with Crippen LogP contribution in [0.25, 0.3) is 0 Å². The van der Waals surface area contributed by atoms with E-state index in [-0.39, 0.29) is 76.0 Å². The van der Waals surface area contributed by atoms with Gasteiger partial charge in [-0.15, -0.1) is 13.2 Å². The van der Waals surface area contributed by atoms with Crippen LogP contribution in [0, 0.1) is 0 Å². The second-order valence-electron chi connectivity index (χ2n) is 8.12. The minimum absolute atomic E-state index is 0. The number of hydrogen-bond acceptors (Lipinski definition) is 5. The predicted molar refractivity (Wildman–Crippen MR) is 123 cm³/mol. The van der Waals surface area contributed by atoms with Crippen LogP contribution in [0.5, 0.6) is 17.2 Å². The summed E-state index contributed by atoms with van der Waals surface area (Å²) in [6, 6.07) is 16.6. The number of amides is 1. The summed E-state index contributed by atoms with van der Waals surface area (Å²) in [5.74, 6) is -2.61. The molecule has 0 aliphatic carbocycles. The molecule has 3 aromatic rings. The molecule has 0 aromatic heterocycles. The topological polar surface area (TPSA) is 78.9 Å². The second kappa shape index (κ2) is 12.2. The van der Waals surface area contributed by atoms with Crippen LogP contribution in [-0.2, 0) is 11.2 Å².